The van der Waals surface area contributed by atoms with Gasteiger partial charge in [-0.2, -0.15) is 0 Å². The molecule has 0 fully saturated rings. The number of methoxy groups -OCH3 is 1. The molecule has 2 unspecified atom stereocenters. The molecule has 1 N–H and O–H groups in total. The van der Waals surface area contributed by atoms with Gasteiger partial charge in [0, 0.05) is 25.9 Å². The van der Waals surface area contributed by atoms with E-state index in [4.69, 9.17) is 4.74 Å². The van der Waals surface area contributed by atoms with Crippen molar-refractivity contribution in [3.63, 3.8) is 0 Å². The van der Waals surface area contributed by atoms with Gasteiger partial charge in [-0.3, -0.25) is 9.36 Å². The molecule has 0 heterocycles. The van der Waals surface area contributed by atoms with Gasteiger partial charge in [-0.05, 0) is 12.0 Å². The SMILES string of the molecule is CCC(CP(=O)(O)CCN(C)C(=O)OCc1ccccc1)C(=O)OC. The van der Waals surface area contributed by atoms with Crippen LogP contribution in [-0.2, 0) is 25.4 Å². The zero-order valence-electron chi connectivity index (χ0n) is 14.9. The fourth-order valence-corrected chi connectivity index (χ4v) is 4.09. The summed E-state index contributed by atoms with van der Waals surface area (Å²) in [5.41, 5.74) is 0.862. The number of carbonyl (C=O) groups excluding carboxylic acids is 2. The molecule has 140 valence electrons. The van der Waals surface area contributed by atoms with Gasteiger partial charge in [0.2, 0.25) is 7.37 Å². The van der Waals surface area contributed by atoms with E-state index in [9.17, 15) is 19.0 Å². The first-order valence-corrected chi connectivity index (χ1v) is 10.1. The Morgan fingerprint density at radius 2 is 1.92 bits per heavy atom. The van der Waals surface area contributed by atoms with Crippen LogP contribution in [0.1, 0.15) is 18.9 Å². The quantitative estimate of drug-likeness (QED) is 0.530. The summed E-state index contributed by atoms with van der Waals surface area (Å²) in [6.07, 6.45) is -0.393. The first kappa shape index (κ1) is 21.2. The molecule has 1 rings (SSSR count). The van der Waals surface area contributed by atoms with Gasteiger partial charge < -0.3 is 19.3 Å². The van der Waals surface area contributed by atoms with Crippen molar-refractivity contribution in [1.29, 1.82) is 0 Å². The number of benzene rings is 1. The van der Waals surface area contributed by atoms with Crippen molar-refractivity contribution >= 4 is 19.4 Å². The third-order valence-electron chi connectivity index (χ3n) is 3.83. The zero-order chi connectivity index (χ0) is 18.9. The average Bonchev–Trinajstić information content (AvgIpc) is 2.62. The van der Waals surface area contributed by atoms with Gasteiger partial charge in [0.25, 0.3) is 0 Å². The number of hydrogen-bond donors (Lipinski definition) is 1. The highest BCUT2D eigenvalue weighted by Gasteiger charge is 2.29. The molecule has 0 saturated heterocycles. The smallest absolute Gasteiger partial charge is 0.409 e. The molecule has 0 saturated carbocycles. The van der Waals surface area contributed by atoms with Crippen molar-refractivity contribution in [3.05, 3.63) is 35.9 Å². The van der Waals surface area contributed by atoms with Gasteiger partial charge in [0.05, 0.1) is 13.0 Å². The number of rotatable bonds is 9. The van der Waals surface area contributed by atoms with Crippen LogP contribution in [0.3, 0.4) is 0 Å². The maximum absolute atomic E-state index is 12.3. The molecule has 25 heavy (non-hydrogen) atoms. The number of nitrogens with zero attached hydrogens (tertiary/aromatic N) is 1. The van der Waals surface area contributed by atoms with E-state index in [-0.39, 0.29) is 25.5 Å². The minimum Gasteiger partial charge on any atom is -0.469 e. The van der Waals surface area contributed by atoms with Crippen molar-refractivity contribution < 1.29 is 28.5 Å². The molecule has 0 radical (unpaired) electrons. The van der Waals surface area contributed by atoms with E-state index in [1.165, 1.54) is 19.1 Å². The number of amides is 1. The Hall–Kier alpha value is -1.85. The average molecular weight is 371 g/mol. The molecule has 8 heteroatoms. The van der Waals surface area contributed by atoms with E-state index in [1.54, 1.807) is 6.92 Å². The molecule has 0 spiro atoms. The van der Waals surface area contributed by atoms with Gasteiger partial charge >= 0.3 is 12.1 Å². The summed E-state index contributed by atoms with van der Waals surface area (Å²) in [7, 11) is -0.794. The predicted octanol–water partition coefficient (Wildman–Crippen LogP) is 2.72. The molecule has 1 aromatic carbocycles. The summed E-state index contributed by atoms with van der Waals surface area (Å²) in [5, 5.41) is 0. The molecule has 2 atom stereocenters. The second-order valence-corrected chi connectivity index (χ2v) is 8.35. The predicted molar refractivity (Wildman–Crippen MR) is 94.6 cm³/mol. The maximum atomic E-state index is 12.3. The highest BCUT2D eigenvalue weighted by atomic mass is 31.2. The van der Waals surface area contributed by atoms with Gasteiger partial charge in [-0.1, -0.05) is 37.3 Å². The van der Waals surface area contributed by atoms with E-state index in [0.29, 0.717) is 6.42 Å². The number of ether oxygens (including phenoxy) is 2. The summed E-state index contributed by atoms with van der Waals surface area (Å²) < 4.78 is 22.1. The van der Waals surface area contributed by atoms with Gasteiger partial charge in [-0.25, -0.2) is 4.79 Å². The molecule has 0 aromatic heterocycles. The van der Waals surface area contributed by atoms with E-state index >= 15 is 0 Å². The van der Waals surface area contributed by atoms with Crippen LogP contribution in [-0.4, -0.2) is 54.9 Å². The molecular weight excluding hydrogens is 345 g/mol. The molecule has 0 aliphatic rings. The van der Waals surface area contributed by atoms with Gasteiger partial charge in [0.1, 0.15) is 6.61 Å². The summed E-state index contributed by atoms with van der Waals surface area (Å²) in [6, 6.07) is 9.24. The van der Waals surface area contributed by atoms with Crippen molar-refractivity contribution in [2.24, 2.45) is 5.92 Å². The Kier molecular flexibility index (Phi) is 8.66. The Balaban J connectivity index is 2.45. The first-order valence-electron chi connectivity index (χ1n) is 8.09. The molecule has 0 bridgehead atoms. The molecule has 0 aliphatic heterocycles. The lowest BCUT2D eigenvalue weighted by molar-refractivity contribution is -0.144. The highest BCUT2D eigenvalue weighted by Crippen LogP contribution is 2.43. The fraction of sp³-hybridized carbons (Fsp3) is 0.529. The largest absolute Gasteiger partial charge is 0.469 e. The summed E-state index contributed by atoms with van der Waals surface area (Å²) in [6.45, 7) is 1.97. The number of hydrogen-bond acceptors (Lipinski definition) is 5. The summed E-state index contributed by atoms with van der Waals surface area (Å²) in [4.78, 5) is 34.8. The van der Waals surface area contributed by atoms with Crippen LogP contribution in [0.25, 0.3) is 0 Å². The Bertz CT molecular complexity index is 606. The van der Waals surface area contributed by atoms with Gasteiger partial charge in [-0.15, -0.1) is 0 Å². The molecule has 7 nitrogen and oxygen atoms in total. The topological polar surface area (TPSA) is 93.1 Å². The zero-order valence-corrected chi connectivity index (χ0v) is 15.8. The van der Waals surface area contributed by atoms with Crippen LogP contribution in [0.15, 0.2) is 30.3 Å². The van der Waals surface area contributed by atoms with E-state index < -0.39 is 25.3 Å². The molecule has 1 amide bonds. The van der Waals surface area contributed by atoms with Crippen molar-refractivity contribution in [2.45, 2.75) is 20.0 Å². The van der Waals surface area contributed by atoms with E-state index in [2.05, 4.69) is 4.74 Å². The lowest BCUT2D eigenvalue weighted by Crippen LogP contribution is -2.30. The fourth-order valence-electron chi connectivity index (χ4n) is 2.20. The standard InChI is InChI=1S/C17H26NO6P/c1-4-15(16(19)23-3)13-25(21,22)11-10-18(2)17(20)24-12-14-8-6-5-7-9-14/h5-9,15H,4,10-13H2,1-3H3,(H,21,22). The Morgan fingerprint density at radius 1 is 1.28 bits per heavy atom. The number of esters is 1. The molecule has 0 aliphatic carbocycles. The van der Waals surface area contributed by atoms with Crippen LogP contribution < -0.4 is 0 Å². The summed E-state index contributed by atoms with van der Waals surface area (Å²) in [5.74, 6) is -1.11. The van der Waals surface area contributed by atoms with E-state index in [1.807, 2.05) is 30.3 Å². The van der Waals surface area contributed by atoms with Crippen LogP contribution in [0.5, 0.6) is 0 Å². The van der Waals surface area contributed by atoms with Gasteiger partial charge in [0.15, 0.2) is 0 Å². The monoisotopic (exact) mass is 371 g/mol. The van der Waals surface area contributed by atoms with Crippen molar-refractivity contribution in [2.75, 3.05) is 33.0 Å². The van der Waals surface area contributed by atoms with E-state index in [0.717, 1.165) is 5.56 Å². The number of carbonyl (C=O) groups is 2. The lowest BCUT2D eigenvalue weighted by Gasteiger charge is -2.21. The second kappa shape index (κ2) is 10.2. The molecular formula is C17H26NO6P. The third-order valence-corrected chi connectivity index (χ3v) is 5.74. The third kappa shape index (κ3) is 7.71. The minimum absolute atomic E-state index is 0.0685. The van der Waals surface area contributed by atoms with Crippen molar-refractivity contribution in [3.8, 4) is 0 Å². The Labute approximate surface area is 148 Å². The van der Waals surface area contributed by atoms with Crippen LogP contribution in [0, 0.1) is 5.92 Å². The second-order valence-electron chi connectivity index (χ2n) is 5.84. The van der Waals surface area contributed by atoms with Crippen LogP contribution >= 0.6 is 7.37 Å². The lowest BCUT2D eigenvalue weighted by atomic mass is 10.1. The van der Waals surface area contributed by atoms with Crippen molar-refractivity contribution in [1.82, 2.24) is 4.90 Å². The maximum Gasteiger partial charge on any atom is 0.409 e. The first-order chi connectivity index (χ1) is 11.8. The van der Waals surface area contributed by atoms with Crippen LogP contribution in [0.2, 0.25) is 0 Å². The highest BCUT2D eigenvalue weighted by molar-refractivity contribution is 7.58. The minimum atomic E-state index is -3.55. The molecule has 1 aromatic rings. The normalized spacial score (nSPS) is 14.2. The summed E-state index contributed by atoms with van der Waals surface area (Å²) >= 11 is 0. The Morgan fingerprint density at radius 3 is 2.48 bits per heavy atom. The van der Waals surface area contributed by atoms with Crippen LogP contribution in [0.4, 0.5) is 4.79 Å².